The van der Waals surface area contributed by atoms with Crippen LogP contribution in [-0.2, 0) is 11.2 Å². The summed E-state index contributed by atoms with van der Waals surface area (Å²) in [6, 6.07) is 7.27. The average Bonchev–Trinajstić information content (AvgIpc) is 2.84. The van der Waals surface area contributed by atoms with Crippen LogP contribution in [0.1, 0.15) is 11.3 Å². The summed E-state index contributed by atoms with van der Waals surface area (Å²) < 4.78 is 0. The first-order valence-corrected chi connectivity index (χ1v) is 5.88. The molecule has 0 unspecified atom stereocenters. The molecule has 0 radical (unpaired) electrons. The number of para-hydroxylation sites is 1. The van der Waals surface area contributed by atoms with Gasteiger partial charge in [-0.25, -0.2) is 5.43 Å². The number of aromatic amines is 2. The summed E-state index contributed by atoms with van der Waals surface area (Å²) in [4.78, 5) is 32.6. The van der Waals surface area contributed by atoms with Gasteiger partial charge in [0, 0.05) is 17.8 Å². The normalized spacial score (nSPS) is 10.7. The lowest BCUT2D eigenvalue weighted by molar-refractivity contribution is -0.385. The van der Waals surface area contributed by atoms with Crippen LogP contribution in [0.4, 0.5) is 5.69 Å². The van der Waals surface area contributed by atoms with Crippen molar-refractivity contribution in [1.29, 1.82) is 0 Å². The molecule has 1 aromatic carbocycles. The number of nitrogens with one attached hydrogen (secondary N) is 3. The highest BCUT2D eigenvalue weighted by atomic mass is 16.6. The molecule has 0 aliphatic carbocycles. The van der Waals surface area contributed by atoms with Gasteiger partial charge in [0.15, 0.2) is 0 Å². The smallest absolute Gasteiger partial charge is 0.278 e. The number of aromatic nitrogens is 2. The van der Waals surface area contributed by atoms with Crippen LogP contribution in [0.2, 0.25) is 0 Å². The van der Waals surface area contributed by atoms with Crippen molar-refractivity contribution in [3.05, 3.63) is 62.1 Å². The zero-order valence-corrected chi connectivity index (χ0v) is 10.7. The van der Waals surface area contributed by atoms with Crippen molar-refractivity contribution in [3.63, 3.8) is 0 Å². The molecule has 3 N–H and O–H groups in total. The van der Waals surface area contributed by atoms with Gasteiger partial charge in [-0.3, -0.25) is 24.8 Å². The van der Waals surface area contributed by atoms with Crippen LogP contribution in [0.15, 0.2) is 40.2 Å². The average molecular weight is 289 g/mol. The summed E-state index contributed by atoms with van der Waals surface area (Å²) in [5.74, 6) is -0.458. The Balaban J connectivity index is 1.98. The maximum Gasteiger partial charge on any atom is 0.278 e. The van der Waals surface area contributed by atoms with Crippen LogP contribution in [0.25, 0.3) is 0 Å². The highest BCUT2D eigenvalue weighted by Gasteiger charge is 2.10. The van der Waals surface area contributed by atoms with E-state index in [1.165, 1.54) is 30.5 Å². The second-order valence-electron chi connectivity index (χ2n) is 4.07. The molecule has 1 heterocycles. The first kappa shape index (κ1) is 14.2. The van der Waals surface area contributed by atoms with E-state index < -0.39 is 10.8 Å². The number of amides is 1. The van der Waals surface area contributed by atoms with Crippen LogP contribution in [-0.4, -0.2) is 27.2 Å². The van der Waals surface area contributed by atoms with Crippen LogP contribution >= 0.6 is 0 Å². The van der Waals surface area contributed by atoms with Gasteiger partial charge in [-0.2, -0.15) is 5.10 Å². The van der Waals surface area contributed by atoms with E-state index in [1.807, 2.05) is 0 Å². The third-order valence-corrected chi connectivity index (χ3v) is 2.53. The third kappa shape index (κ3) is 3.86. The lowest BCUT2D eigenvalue weighted by Gasteiger charge is -1.98. The van der Waals surface area contributed by atoms with Gasteiger partial charge in [-0.15, -0.1) is 0 Å². The van der Waals surface area contributed by atoms with Crippen molar-refractivity contribution in [2.24, 2.45) is 5.10 Å². The fraction of sp³-hybridized carbons (Fsp3) is 0.0833. The van der Waals surface area contributed by atoms with E-state index in [-0.39, 0.29) is 23.2 Å². The van der Waals surface area contributed by atoms with E-state index in [1.54, 1.807) is 6.07 Å². The predicted molar refractivity (Wildman–Crippen MR) is 74.0 cm³/mol. The van der Waals surface area contributed by atoms with Gasteiger partial charge in [0.1, 0.15) is 0 Å². The van der Waals surface area contributed by atoms with Crippen LogP contribution in [0, 0.1) is 10.1 Å². The number of hydrazone groups is 1. The molecule has 0 bridgehead atoms. The lowest BCUT2D eigenvalue weighted by Crippen LogP contribution is -2.20. The monoisotopic (exact) mass is 289 g/mol. The molecule has 0 aliphatic heterocycles. The highest BCUT2D eigenvalue weighted by molar-refractivity contribution is 5.86. The Labute approximate surface area is 117 Å². The first-order valence-electron chi connectivity index (χ1n) is 5.88. The minimum absolute atomic E-state index is 0.0625. The molecule has 2 rings (SSSR count). The zero-order chi connectivity index (χ0) is 15.2. The molecule has 108 valence electrons. The van der Waals surface area contributed by atoms with Gasteiger partial charge >= 0.3 is 0 Å². The minimum Gasteiger partial charge on any atom is -0.302 e. The Morgan fingerprint density at radius 3 is 2.81 bits per heavy atom. The van der Waals surface area contributed by atoms with E-state index in [0.29, 0.717) is 5.69 Å². The molecule has 0 saturated carbocycles. The van der Waals surface area contributed by atoms with Crippen molar-refractivity contribution in [1.82, 2.24) is 15.6 Å². The number of rotatable bonds is 5. The van der Waals surface area contributed by atoms with E-state index in [4.69, 9.17) is 0 Å². The SMILES string of the molecule is O=C(Cc1cc(=O)[nH][nH]1)N/N=C\c1ccccc1[N+](=O)[O-]. The fourth-order valence-electron chi connectivity index (χ4n) is 1.62. The van der Waals surface area contributed by atoms with Crippen molar-refractivity contribution in [3.8, 4) is 0 Å². The summed E-state index contributed by atoms with van der Waals surface area (Å²) in [5.41, 5.74) is 2.48. The van der Waals surface area contributed by atoms with Gasteiger partial charge in [-0.05, 0) is 6.07 Å². The van der Waals surface area contributed by atoms with Crippen LogP contribution in [0.5, 0.6) is 0 Å². The molecule has 2 aromatic rings. The summed E-state index contributed by atoms with van der Waals surface area (Å²) in [6.07, 6.45) is 1.13. The zero-order valence-electron chi connectivity index (χ0n) is 10.7. The number of H-pyrrole nitrogens is 2. The molecule has 21 heavy (non-hydrogen) atoms. The molecule has 0 spiro atoms. The van der Waals surface area contributed by atoms with Crippen molar-refractivity contribution in [2.45, 2.75) is 6.42 Å². The quantitative estimate of drug-likeness (QED) is 0.414. The van der Waals surface area contributed by atoms with Crippen LogP contribution < -0.4 is 11.0 Å². The largest absolute Gasteiger partial charge is 0.302 e. The maximum absolute atomic E-state index is 11.5. The summed E-state index contributed by atoms with van der Waals surface area (Å²) >= 11 is 0. The number of carbonyl (C=O) groups is 1. The molecule has 0 atom stereocenters. The van der Waals surface area contributed by atoms with Crippen molar-refractivity contribution < 1.29 is 9.72 Å². The number of nitro benzene ring substituents is 1. The van der Waals surface area contributed by atoms with E-state index in [0.717, 1.165) is 0 Å². The number of hydrogen-bond donors (Lipinski definition) is 3. The second kappa shape index (κ2) is 6.28. The van der Waals surface area contributed by atoms with E-state index in [9.17, 15) is 19.7 Å². The van der Waals surface area contributed by atoms with E-state index in [2.05, 4.69) is 20.7 Å². The molecule has 0 saturated heterocycles. The first-order chi connectivity index (χ1) is 10.1. The Hall–Kier alpha value is -3.23. The van der Waals surface area contributed by atoms with Gasteiger partial charge < -0.3 is 5.10 Å². The number of benzene rings is 1. The molecular formula is C12H11N5O4. The topological polar surface area (TPSA) is 133 Å². The van der Waals surface area contributed by atoms with Gasteiger partial charge in [0.25, 0.3) is 11.2 Å². The fourth-order valence-corrected chi connectivity index (χ4v) is 1.62. The summed E-state index contributed by atoms with van der Waals surface area (Å²) in [7, 11) is 0. The van der Waals surface area contributed by atoms with Gasteiger partial charge in [-0.1, -0.05) is 12.1 Å². The number of nitro groups is 1. The standard InChI is InChI=1S/C12H11N5O4/c18-11(5-9-6-12(19)16-14-9)15-13-7-8-3-1-2-4-10(8)17(20)21/h1-4,6-7H,5H2,(H,15,18)(H2,14,16,19)/b13-7-. The molecule has 0 fully saturated rings. The van der Waals surface area contributed by atoms with Crippen LogP contribution in [0.3, 0.4) is 0 Å². The molecular weight excluding hydrogens is 278 g/mol. The number of hydrogen-bond acceptors (Lipinski definition) is 5. The van der Waals surface area contributed by atoms with Crippen molar-refractivity contribution in [2.75, 3.05) is 0 Å². The third-order valence-electron chi connectivity index (χ3n) is 2.53. The summed E-state index contributed by atoms with van der Waals surface area (Å²) in [5, 5.41) is 19.3. The lowest BCUT2D eigenvalue weighted by atomic mass is 10.2. The Morgan fingerprint density at radius 2 is 2.14 bits per heavy atom. The predicted octanol–water partition coefficient (Wildman–Crippen LogP) is 0.304. The molecule has 1 aromatic heterocycles. The number of nitrogens with zero attached hydrogens (tertiary/aromatic N) is 2. The van der Waals surface area contributed by atoms with Gasteiger partial charge in [0.05, 0.1) is 23.1 Å². The Kier molecular flexibility index (Phi) is 4.24. The summed E-state index contributed by atoms with van der Waals surface area (Å²) in [6.45, 7) is 0. The van der Waals surface area contributed by atoms with E-state index >= 15 is 0 Å². The Bertz CT molecular complexity index is 746. The molecule has 0 aliphatic rings. The molecule has 9 nitrogen and oxygen atoms in total. The molecule has 9 heteroatoms. The Morgan fingerprint density at radius 1 is 1.38 bits per heavy atom. The second-order valence-corrected chi connectivity index (χ2v) is 4.07. The number of carbonyl (C=O) groups excluding carboxylic acids is 1. The highest BCUT2D eigenvalue weighted by Crippen LogP contribution is 2.14. The maximum atomic E-state index is 11.5. The minimum atomic E-state index is -0.534. The molecule has 1 amide bonds. The van der Waals surface area contributed by atoms with Crippen molar-refractivity contribution >= 4 is 17.8 Å². The van der Waals surface area contributed by atoms with Gasteiger partial charge in [0.2, 0.25) is 5.91 Å².